The Hall–Kier alpha value is -5.39. The SMILES string of the molecule is Cc1ccc(-n2nc(C(C)(C)C)cc2NC(=O)NC2CCC(Oc3ccc4nnc(N(C(=O)OC(C)(C)C)C(C)C)n4c3)c3ccccc32)cc1. The van der Waals surface area contributed by atoms with Gasteiger partial charge in [-0.1, -0.05) is 62.7 Å². The van der Waals surface area contributed by atoms with Crippen molar-refractivity contribution in [1.29, 1.82) is 0 Å². The summed E-state index contributed by atoms with van der Waals surface area (Å²) in [5, 5.41) is 19.7. The Kier molecular flexibility index (Phi) is 9.54. The van der Waals surface area contributed by atoms with Crippen LogP contribution in [0.5, 0.6) is 5.75 Å². The van der Waals surface area contributed by atoms with Gasteiger partial charge < -0.3 is 14.8 Å². The van der Waals surface area contributed by atoms with E-state index in [0.29, 0.717) is 36.0 Å². The summed E-state index contributed by atoms with van der Waals surface area (Å²) in [6, 6.07) is 20.9. The Labute approximate surface area is 299 Å². The largest absolute Gasteiger partial charge is 0.484 e. The number of anilines is 2. The number of hydrogen-bond acceptors (Lipinski definition) is 7. The Morgan fingerprint density at radius 2 is 1.63 bits per heavy atom. The fourth-order valence-corrected chi connectivity index (χ4v) is 6.14. The van der Waals surface area contributed by atoms with Crippen LogP contribution < -0.4 is 20.3 Å². The van der Waals surface area contributed by atoms with Crippen molar-refractivity contribution in [3.8, 4) is 11.4 Å². The second-order valence-electron chi connectivity index (χ2n) is 15.4. The number of rotatable bonds is 7. The molecule has 2 N–H and O–H groups in total. The monoisotopic (exact) mass is 692 g/mol. The van der Waals surface area contributed by atoms with Gasteiger partial charge in [-0.2, -0.15) is 5.10 Å². The predicted molar refractivity (Wildman–Crippen MR) is 198 cm³/mol. The number of fused-ring (bicyclic) bond motifs is 2. The summed E-state index contributed by atoms with van der Waals surface area (Å²) in [6.45, 7) is 17.6. The average Bonchev–Trinajstić information content (AvgIpc) is 3.66. The molecule has 2 atom stereocenters. The number of carbonyl (C=O) groups is 2. The predicted octanol–water partition coefficient (Wildman–Crippen LogP) is 8.45. The van der Waals surface area contributed by atoms with Crippen LogP contribution in [0.3, 0.4) is 0 Å². The minimum absolute atomic E-state index is 0.202. The molecule has 12 heteroatoms. The zero-order valence-electron chi connectivity index (χ0n) is 30.9. The normalized spacial score (nSPS) is 16.1. The highest BCUT2D eigenvalue weighted by molar-refractivity contribution is 5.89. The lowest BCUT2D eigenvalue weighted by molar-refractivity contribution is 0.0567. The fourth-order valence-electron chi connectivity index (χ4n) is 6.14. The third-order valence-corrected chi connectivity index (χ3v) is 8.70. The van der Waals surface area contributed by atoms with E-state index in [0.717, 1.165) is 28.1 Å². The summed E-state index contributed by atoms with van der Waals surface area (Å²) in [5.74, 6) is 1.54. The van der Waals surface area contributed by atoms with Crippen molar-refractivity contribution in [2.24, 2.45) is 0 Å². The van der Waals surface area contributed by atoms with E-state index in [-0.39, 0.29) is 29.6 Å². The summed E-state index contributed by atoms with van der Waals surface area (Å²) >= 11 is 0. The number of nitrogens with one attached hydrogen (secondary N) is 2. The molecule has 0 spiro atoms. The average molecular weight is 693 g/mol. The van der Waals surface area contributed by atoms with Crippen LogP contribution in [0.1, 0.15) is 103 Å². The number of amides is 3. The highest BCUT2D eigenvalue weighted by Crippen LogP contribution is 2.39. The van der Waals surface area contributed by atoms with Crippen LogP contribution >= 0.6 is 0 Å². The third-order valence-electron chi connectivity index (χ3n) is 8.70. The van der Waals surface area contributed by atoms with Crippen LogP contribution in [0.15, 0.2) is 72.9 Å². The summed E-state index contributed by atoms with van der Waals surface area (Å²) in [5.41, 5.74) is 4.58. The smallest absolute Gasteiger partial charge is 0.417 e. The van der Waals surface area contributed by atoms with Crippen LogP contribution in [0.2, 0.25) is 0 Å². The summed E-state index contributed by atoms with van der Waals surface area (Å²) in [7, 11) is 0. The fraction of sp³-hybridized carbons (Fsp3) is 0.410. The van der Waals surface area contributed by atoms with Crippen molar-refractivity contribution >= 4 is 29.5 Å². The van der Waals surface area contributed by atoms with Gasteiger partial charge >= 0.3 is 12.1 Å². The molecular formula is C39H48N8O4. The molecule has 0 fully saturated rings. The molecule has 3 amide bonds. The lowest BCUT2D eigenvalue weighted by atomic mass is 9.85. The maximum Gasteiger partial charge on any atom is 0.417 e. The molecule has 268 valence electrons. The Morgan fingerprint density at radius 1 is 0.922 bits per heavy atom. The zero-order chi connectivity index (χ0) is 36.7. The van der Waals surface area contributed by atoms with Gasteiger partial charge in [-0.15, -0.1) is 10.2 Å². The highest BCUT2D eigenvalue weighted by Gasteiger charge is 2.32. The number of aryl methyl sites for hydroxylation is 1. The van der Waals surface area contributed by atoms with Gasteiger partial charge in [-0.25, -0.2) is 19.2 Å². The molecule has 1 aliphatic rings. The number of pyridine rings is 1. The summed E-state index contributed by atoms with van der Waals surface area (Å²) in [6.07, 6.45) is 2.37. The molecule has 6 rings (SSSR count). The van der Waals surface area contributed by atoms with Crippen molar-refractivity contribution < 1.29 is 19.1 Å². The molecule has 0 aliphatic heterocycles. The number of nitrogens with zero attached hydrogens (tertiary/aromatic N) is 6. The maximum atomic E-state index is 13.6. The van der Waals surface area contributed by atoms with Crippen molar-refractivity contribution in [2.45, 2.75) is 104 Å². The van der Waals surface area contributed by atoms with E-state index >= 15 is 0 Å². The molecule has 3 aromatic heterocycles. The van der Waals surface area contributed by atoms with Gasteiger partial charge in [0.2, 0.25) is 5.95 Å². The van der Waals surface area contributed by atoms with Gasteiger partial charge in [0, 0.05) is 17.5 Å². The quantitative estimate of drug-likeness (QED) is 0.175. The van der Waals surface area contributed by atoms with E-state index in [9.17, 15) is 9.59 Å². The second-order valence-corrected chi connectivity index (χ2v) is 15.4. The number of carbonyl (C=O) groups excluding carboxylic acids is 2. The van der Waals surface area contributed by atoms with Crippen LogP contribution in [-0.2, 0) is 10.2 Å². The molecule has 0 saturated carbocycles. The summed E-state index contributed by atoms with van der Waals surface area (Å²) in [4.78, 5) is 28.2. The number of benzene rings is 2. The van der Waals surface area contributed by atoms with Crippen molar-refractivity contribution in [3.05, 3.63) is 95.3 Å². The van der Waals surface area contributed by atoms with E-state index in [4.69, 9.17) is 14.6 Å². The first-order chi connectivity index (χ1) is 24.1. The van der Waals surface area contributed by atoms with Gasteiger partial charge in [-0.3, -0.25) is 9.72 Å². The Balaban J connectivity index is 1.21. The van der Waals surface area contributed by atoms with Crippen molar-refractivity contribution in [3.63, 3.8) is 0 Å². The number of aromatic nitrogens is 5. The molecule has 2 aromatic carbocycles. The van der Waals surface area contributed by atoms with E-state index < -0.39 is 11.7 Å². The molecule has 51 heavy (non-hydrogen) atoms. The van der Waals surface area contributed by atoms with Crippen LogP contribution in [-0.4, -0.2) is 48.1 Å². The first-order valence-corrected chi connectivity index (χ1v) is 17.4. The van der Waals surface area contributed by atoms with Gasteiger partial charge in [0.1, 0.15) is 23.3 Å². The van der Waals surface area contributed by atoms with Crippen molar-refractivity contribution in [2.75, 3.05) is 10.2 Å². The lowest BCUT2D eigenvalue weighted by Crippen LogP contribution is -2.42. The second kappa shape index (κ2) is 13.7. The molecular weight excluding hydrogens is 644 g/mol. The van der Waals surface area contributed by atoms with Crippen LogP contribution in [0.4, 0.5) is 21.4 Å². The minimum atomic E-state index is -0.666. The molecule has 0 bridgehead atoms. The van der Waals surface area contributed by atoms with E-state index in [1.807, 2.05) is 108 Å². The molecule has 0 saturated heterocycles. The van der Waals surface area contributed by atoms with Gasteiger partial charge in [0.05, 0.1) is 23.6 Å². The summed E-state index contributed by atoms with van der Waals surface area (Å²) < 4.78 is 15.8. The molecule has 12 nitrogen and oxygen atoms in total. The van der Waals surface area contributed by atoms with Gasteiger partial charge in [0.15, 0.2) is 5.65 Å². The molecule has 0 radical (unpaired) electrons. The Morgan fingerprint density at radius 3 is 2.29 bits per heavy atom. The molecule has 5 aromatic rings. The number of ether oxygens (including phenoxy) is 2. The zero-order valence-corrected chi connectivity index (χ0v) is 30.9. The van der Waals surface area contributed by atoms with Crippen LogP contribution in [0, 0.1) is 6.92 Å². The topological polar surface area (TPSA) is 128 Å². The van der Waals surface area contributed by atoms with Crippen molar-refractivity contribution in [1.82, 2.24) is 29.7 Å². The third kappa shape index (κ3) is 7.84. The van der Waals surface area contributed by atoms with E-state index in [1.165, 1.54) is 4.90 Å². The molecule has 1 aliphatic carbocycles. The van der Waals surface area contributed by atoms with Gasteiger partial charge in [-0.05, 0) is 89.8 Å². The lowest BCUT2D eigenvalue weighted by Gasteiger charge is -2.32. The highest BCUT2D eigenvalue weighted by atomic mass is 16.6. The molecule has 2 unspecified atom stereocenters. The first-order valence-electron chi connectivity index (χ1n) is 17.4. The maximum absolute atomic E-state index is 13.6. The number of urea groups is 1. The van der Waals surface area contributed by atoms with Gasteiger partial charge in [0.25, 0.3) is 0 Å². The molecule has 3 heterocycles. The number of hydrogen-bond donors (Lipinski definition) is 2. The standard InChI is InChI=1S/C39H48N8O4/c1-24(2)46(37(49)51-39(7,8)9)36-43-42-33-21-18-27(23-45(33)36)50-31-20-19-30(28-12-10-11-13-29(28)31)40-35(48)41-34-22-32(38(4,5)6)44-47(34)26-16-14-25(3)15-17-26/h10-18,21-24,30-31H,19-20H2,1-9H3,(H2,40,41,48). The van der Waals surface area contributed by atoms with E-state index in [2.05, 4.69) is 41.6 Å². The van der Waals surface area contributed by atoms with Crippen LogP contribution in [0.25, 0.3) is 11.3 Å². The first kappa shape index (κ1) is 35.4. The Bertz CT molecular complexity index is 2030. The minimum Gasteiger partial charge on any atom is -0.484 e. The van der Waals surface area contributed by atoms with E-state index in [1.54, 1.807) is 15.3 Å².